The number of ether oxygens (including phenoxy) is 1. The summed E-state index contributed by atoms with van der Waals surface area (Å²) in [7, 11) is 0. The lowest BCUT2D eigenvalue weighted by Crippen LogP contribution is -2.30. The Labute approximate surface area is 116 Å². The summed E-state index contributed by atoms with van der Waals surface area (Å²) in [4.78, 5) is 0. The summed E-state index contributed by atoms with van der Waals surface area (Å²) in [5.41, 5.74) is 2.51. The molecular weight excluding hydrogens is 236 g/mol. The van der Waals surface area contributed by atoms with Crippen LogP contribution in [0.25, 0.3) is 0 Å². The van der Waals surface area contributed by atoms with E-state index < -0.39 is 0 Å². The van der Waals surface area contributed by atoms with E-state index in [4.69, 9.17) is 4.74 Å². The first kappa shape index (κ1) is 14.2. The molecule has 106 valence electrons. The van der Waals surface area contributed by atoms with Crippen molar-refractivity contribution in [3.63, 3.8) is 0 Å². The Morgan fingerprint density at radius 2 is 2.26 bits per heavy atom. The molecule has 2 unspecified atom stereocenters. The van der Waals surface area contributed by atoms with Gasteiger partial charge in [-0.3, -0.25) is 0 Å². The number of nitrogens with one attached hydrogen (secondary N) is 2. The van der Waals surface area contributed by atoms with Crippen LogP contribution in [0.3, 0.4) is 0 Å². The van der Waals surface area contributed by atoms with E-state index in [9.17, 15) is 0 Å². The molecule has 0 aliphatic carbocycles. The molecule has 0 saturated carbocycles. The second kappa shape index (κ2) is 6.80. The van der Waals surface area contributed by atoms with Gasteiger partial charge >= 0.3 is 0 Å². The van der Waals surface area contributed by atoms with Gasteiger partial charge in [0, 0.05) is 6.04 Å². The van der Waals surface area contributed by atoms with Crippen LogP contribution in [0, 0.1) is 0 Å². The molecule has 2 atom stereocenters. The van der Waals surface area contributed by atoms with Crippen molar-refractivity contribution in [2.24, 2.45) is 0 Å². The quantitative estimate of drug-likeness (QED) is 0.826. The van der Waals surface area contributed by atoms with Crippen LogP contribution in [-0.2, 0) is 6.42 Å². The molecular formula is C16H26N2O. The van der Waals surface area contributed by atoms with Crippen molar-refractivity contribution >= 4 is 5.69 Å². The van der Waals surface area contributed by atoms with Crippen LogP contribution in [0.2, 0.25) is 0 Å². The van der Waals surface area contributed by atoms with Crippen LogP contribution in [-0.4, -0.2) is 25.2 Å². The van der Waals surface area contributed by atoms with E-state index in [-0.39, 0.29) is 0 Å². The molecule has 1 heterocycles. The van der Waals surface area contributed by atoms with Crippen LogP contribution in [0.15, 0.2) is 18.2 Å². The third-order valence-electron chi connectivity index (χ3n) is 3.60. The van der Waals surface area contributed by atoms with E-state index in [1.165, 1.54) is 12.0 Å². The first-order valence-corrected chi connectivity index (χ1v) is 7.49. The van der Waals surface area contributed by atoms with Crippen LogP contribution in [0.4, 0.5) is 5.69 Å². The maximum atomic E-state index is 5.93. The standard InChI is InChI=1S/C16H26N2O/c1-4-8-17-12(3)9-13-6-7-16-15(10-13)18-11-14(5-2)19-16/h6-7,10,12,14,17-18H,4-5,8-9,11H2,1-3H3. The Balaban J connectivity index is 1.97. The fourth-order valence-electron chi connectivity index (χ4n) is 2.43. The van der Waals surface area contributed by atoms with Gasteiger partial charge in [-0.25, -0.2) is 0 Å². The summed E-state index contributed by atoms with van der Waals surface area (Å²) in [6, 6.07) is 7.03. The van der Waals surface area contributed by atoms with Gasteiger partial charge in [-0.05, 0) is 50.4 Å². The SMILES string of the molecule is CCCNC(C)Cc1ccc2c(c1)NCC(CC)O2. The lowest BCUT2D eigenvalue weighted by molar-refractivity contribution is 0.202. The lowest BCUT2D eigenvalue weighted by atomic mass is 10.0. The molecule has 3 nitrogen and oxygen atoms in total. The summed E-state index contributed by atoms with van der Waals surface area (Å²) in [5.74, 6) is 0.996. The summed E-state index contributed by atoms with van der Waals surface area (Å²) in [5, 5.41) is 7.00. The maximum absolute atomic E-state index is 5.93. The first-order valence-electron chi connectivity index (χ1n) is 7.49. The van der Waals surface area contributed by atoms with Crippen molar-refractivity contribution in [3.05, 3.63) is 23.8 Å². The van der Waals surface area contributed by atoms with Gasteiger partial charge in [-0.15, -0.1) is 0 Å². The molecule has 0 spiro atoms. The largest absolute Gasteiger partial charge is 0.486 e. The Hall–Kier alpha value is -1.22. The second-order valence-corrected chi connectivity index (χ2v) is 5.42. The Kier molecular flexibility index (Phi) is 5.08. The summed E-state index contributed by atoms with van der Waals surface area (Å²) in [6.07, 6.45) is 3.60. The molecule has 0 fully saturated rings. The van der Waals surface area contributed by atoms with Crippen molar-refractivity contribution in [1.29, 1.82) is 0 Å². The van der Waals surface area contributed by atoms with Crippen LogP contribution in [0.5, 0.6) is 5.75 Å². The summed E-state index contributed by atoms with van der Waals surface area (Å²) in [6.45, 7) is 8.60. The highest BCUT2D eigenvalue weighted by Crippen LogP contribution is 2.30. The monoisotopic (exact) mass is 262 g/mol. The molecule has 2 N–H and O–H groups in total. The van der Waals surface area contributed by atoms with Gasteiger partial charge in [0.15, 0.2) is 0 Å². The van der Waals surface area contributed by atoms with Crippen molar-refractivity contribution in [2.75, 3.05) is 18.4 Å². The molecule has 1 aliphatic heterocycles. The lowest BCUT2D eigenvalue weighted by Gasteiger charge is -2.27. The van der Waals surface area contributed by atoms with Gasteiger partial charge in [0.25, 0.3) is 0 Å². The van der Waals surface area contributed by atoms with Crippen LogP contribution < -0.4 is 15.4 Å². The molecule has 0 radical (unpaired) electrons. The minimum atomic E-state index is 0.309. The molecule has 1 aromatic carbocycles. The molecule has 2 rings (SSSR count). The number of hydrogen-bond acceptors (Lipinski definition) is 3. The van der Waals surface area contributed by atoms with E-state index in [0.29, 0.717) is 12.1 Å². The molecule has 19 heavy (non-hydrogen) atoms. The zero-order valence-corrected chi connectivity index (χ0v) is 12.3. The molecule has 3 heteroatoms. The normalized spacial score (nSPS) is 19.2. The number of anilines is 1. The van der Waals surface area contributed by atoms with Gasteiger partial charge in [0.1, 0.15) is 11.9 Å². The minimum Gasteiger partial charge on any atom is -0.486 e. The van der Waals surface area contributed by atoms with Gasteiger partial charge in [-0.1, -0.05) is 19.9 Å². The van der Waals surface area contributed by atoms with Crippen molar-refractivity contribution in [2.45, 2.75) is 52.2 Å². The molecule has 0 bridgehead atoms. The minimum absolute atomic E-state index is 0.309. The van der Waals surface area contributed by atoms with E-state index in [1.807, 2.05) is 0 Å². The van der Waals surface area contributed by atoms with E-state index >= 15 is 0 Å². The smallest absolute Gasteiger partial charge is 0.142 e. The number of fused-ring (bicyclic) bond motifs is 1. The molecule has 1 aliphatic rings. The Morgan fingerprint density at radius 1 is 1.42 bits per heavy atom. The number of benzene rings is 1. The number of hydrogen-bond donors (Lipinski definition) is 2. The van der Waals surface area contributed by atoms with Gasteiger partial charge in [-0.2, -0.15) is 0 Å². The highest BCUT2D eigenvalue weighted by molar-refractivity contribution is 5.59. The van der Waals surface area contributed by atoms with Crippen LogP contribution in [0.1, 0.15) is 39.2 Å². The van der Waals surface area contributed by atoms with Crippen molar-refractivity contribution < 1.29 is 4.74 Å². The molecule has 0 amide bonds. The van der Waals surface area contributed by atoms with Gasteiger partial charge in [0.2, 0.25) is 0 Å². The second-order valence-electron chi connectivity index (χ2n) is 5.42. The topological polar surface area (TPSA) is 33.3 Å². The highest BCUT2D eigenvalue weighted by Gasteiger charge is 2.17. The predicted octanol–water partition coefficient (Wildman–Crippen LogP) is 3.20. The Bertz CT molecular complexity index is 406. The molecule has 0 aromatic heterocycles. The average Bonchev–Trinajstić information content (AvgIpc) is 2.44. The van der Waals surface area contributed by atoms with Crippen molar-refractivity contribution in [3.8, 4) is 5.75 Å². The van der Waals surface area contributed by atoms with Crippen LogP contribution >= 0.6 is 0 Å². The zero-order chi connectivity index (χ0) is 13.7. The van der Waals surface area contributed by atoms with Crippen molar-refractivity contribution in [1.82, 2.24) is 5.32 Å². The average molecular weight is 262 g/mol. The summed E-state index contributed by atoms with van der Waals surface area (Å²) < 4.78 is 5.93. The molecule has 1 aromatic rings. The predicted molar refractivity (Wildman–Crippen MR) is 81.1 cm³/mol. The van der Waals surface area contributed by atoms with E-state index in [0.717, 1.165) is 37.4 Å². The first-order chi connectivity index (χ1) is 9.22. The van der Waals surface area contributed by atoms with E-state index in [1.54, 1.807) is 0 Å². The maximum Gasteiger partial charge on any atom is 0.142 e. The third kappa shape index (κ3) is 3.87. The fourth-order valence-corrected chi connectivity index (χ4v) is 2.43. The zero-order valence-electron chi connectivity index (χ0n) is 12.3. The highest BCUT2D eigenvalue weighted by atomic mass is 16.5. The van der Waals surface area contributed by atoms with Gasteiger partial charge in [0.05, 0.1) is 12.2 Å². The fraction of sp³-hybridized carbons (Fsp3) is 0.625. The Morgan fingerprint density at radius 3 is 3.00 bits per heavy atom. The van der Waals surface area contributed by atoms with E-state index in [2.05, 4.69) is 49.6 Å². The number of rotatable bonds is 6. The molecule has 0 saturated heterocycles. The summed E-state index contributed by atoms with van der Waals surface area (Å²) >= 11 is 0. The third-order valence-corrected chi connectivity index (χ3v) is 3.60. The van der Waals surface area contributed by atoms with Gasteiger partial charge < -0.3 is 15.4 Å².